The van der Waals surface area contributed by atoms with Crippen LogP contribution in [-0.2, 0) is 24.4 Å². The molecule has 0 bridgehead atoms. The van der Waals surface area contributed by atoms with E-state index in [9.17, 15) is 22.9 Å². The van der Waals surface area contributed by atoms with Gasteiger partial charge in [-0.3, -0.25) is 0 Å². The first-order valence-corrected chi connectivity index (χ1v) is 11.1. The standard InChI is InChI=1S/C18H36O7S.2Na/c1-2-3-4-5-6-7-8-9-10-11-12-24-13-14-25-16-17(15-18(19)20)26(21,22)23;;/h17H,2-16H2,1H3,(H,19,20)(H,21,22,23);;/q;2*+1/p-2. The molecular formula is C18H34Na2O7S. The van der Waals surface area contributed by atoms with Crippen molar-refractivity contribution in [1.82, 2.24) is 0 Å². The molecule has 1 unspecified atom stereocenters. The maximum absolute atomic E-state index is 10.9. The molecule has 0 aromatic heterocycles. The van der Waals surface area contributed by atoms with Crippen LogP contribution in [-0.4, -0.2) is 50.6 Å². The summed E-state index contributed by atoms with van der Waals surface area (Å²) in [6.45, 7) is 2.79. The molecule has 0 saturated heterocycles. The van der Waals surface area contributed by atoms with Crippen LogP contribution >= 0.6 is 0 Å². The smallest absolute Gasteiger partial charge is 0.748 e. The number of hydrogen-bond donors (Lipinski definition) is 0. The van der Waals surface area contributed by atoms with Crippen molar-refractivity contribution < 1.29 is 91.5 Å². The van der Waals surface area contributed by atoms with E-state index in [2.05, 4.69) is 6.92 Å². The van der Waals surface area contributed by atoms with Crippen molar-refractivity contribution in [3.05, 3.63) is 0 Å². The van der Waals surface area contributed by atoms with Crippen molar-refractivity contribution in [3.8, 4) is 0 Å². The second-order valence-electron chi connectivity index (χ2n) is 6.56. The van der Waals surface area contributed by atoms with Crippen molar-refractivity contribution in [2.75, 3.05) is 26.4 Å². The van der Waals surface area contributed by atoms with E-state index in [1.54, 1.807) is 0 Å². The Morgan fingerprint density at radius 3 is 1.75 bits per heavy atom. The van der Waals surface area contributed by atoms with Crippen LogP contribution in [0.4, 0.5) is 0 Å². The Balaban J connectivity index is -0.00000312. The summed E-state index contributed by atoms with van der Waals surface area (Å²) in [5.41, 5.74) is 0. The molecule has 0 saturated carbocycles. The molecule has 0 rings (SSSR count). The minimum absolute atomic E-state index is 0. The molecule has 1 atom stereocenters. The molecule has 10 heteroatoms. The zero-order chi connectivity index (χ0) is 19.7. The van der Waals surface area contributed by atoms with E-state index in [1.165, 1.54) is 51.4 Å². The van der Waals surface area contributed by atoms with Gasteiger partial charge < -0.3 is 23.9 Å². The summed E-state index contributed by atoms with van der Waals surface area (Å²) in [5, 5.41) is 8.81. The Hall–Kier alpha value is 1.30. The van der Waals surface area contributed by atoms with Crippen LogP contribution in [0.1, 0.15) is 77.6 Å². The Morgan fingerprint density at radius 2 is 1.29 bits per heavy atom. The third-order valence-corrected chi connectivity index (χ3v) is 5.24. The predicted molar refractivity (Wildman–Crippen MR) is 96.6 cm³/mol. The summed E-state index contributed by atoms with van der Waals surface area (Å²) < 4.78 is 43.1. The number of ether oxygens (including phenoxy) is 2. The van der Waals surface area contributed by atoms with E-state index < -0.39 is 34.4 Å². The molecule has 0 aliphatic carbocycles. The fourth-order valence-electron chi connectivity index (χ4n) is 2.56. The number of carboxylic acids is 1. The maximum Gasteiger partial charge on any atom is 1.00 e. The normalized spacial score (nSPS) is 12.1. The maximum atomic E-state index is 10.9. The van der Waals surface area contributed by atoms with E-state index in [-0.39, 0.29) is 72.3 Å². The molecule has 0 aliphatic heterocycles. The molecule has 28 heavy (non-hydrogen) atoms. The molecule has 0 fully saturated rings. The first kappa shape index (κ1) is 33.9. The molecule has 156 valence electrons. The molecule has 0 aromatic carbocycles. The van der Waals surface area contributed by atoms with Crippen LogP contribution in [0.2, 0.25) is 0 Å². The summed E-state index contributed by atoms with van der Waals surface area (Å²) in [4.78, 5) is 10.4. The molecule has 0 aromatic rings. The van der Waals surface area contributed by atoms with Gasteiger partial charge in [0.2, 0.25) is 0 Å². The fraction of sp³-hybridized carbons (Fsp3) is 0.944. The minimum atomic E-state index is -4.72. The number of carboxylic acid groups (broad SMARTS) is 1. The van der Waals surface area contributed by atoms with Crippen LogP contribution in [0.15, 0.2) is 0 Å². The van der Waals surface area contributed by atoms with Crippen molar-refractivity contribution in [3.63, 3.8) is 0 Å². The van der Waals surface area contributed by atoms with E-state index in [4.69, 9.17) is 9.47 Å². The number of aliphatic carboxylic acids is 1. The van der Waals surface area contributed by atoms with Gasteiger partial charge in [0.05, 0.1) is 25.1 Å². The minimum Gasteiger partial charge on any atom is -0.748 e. The van der Waals surface area contributed by atoms with Gasteiger partial charge in [-0.25, -0.2) is 8.42 Å². The number of unbranched alkanes of at least 4 members (excludes halogenated alkanes) is 9. The van der Waals surface area contributed by atoms with Gasteiger partial charge in [-0.05, 0) is 6.42 Å². The fourth-order valence-corrected chi connectivity index (χ4v) is 3.16. The second-order valence-corrected chi connectivity index (χ2v) is 8.21. The molecule has 0 spiro atoms. The number of carbonyl (C=O) groups excluding carboxylic acids is 1. The Labute approximate surface area is 215 Å². The predicted octanol–water partition coefficient (Wildman–Crippen LogP) is -4.00. The summed E-state index contributed by atoms with van der Waals surface area (Å²) in [6.07, 6.45) is 11.6. The van der Waals surface area contributed by atoms with E-state index in [1.807, 2.05) is 0 Å². The molecule has 7 nitrogen and oxygen atoms in total. The molecule has 0 N–H and O–H groups in total. The topological polar surface area (TPSA) is 116 Å². The number of carbonyl (C=O) groups is 1. The quantitative estimate of drug-likeness (QED) is 0.114. The van der Waals surface area contributed by atoms with Crippen molar-refractivity contribution in [2.45, 2.75) is 82.8 Å². The average Bonchev–Trinajstić information content (AvgIpc) is 2.56. The molecule has 0 radical (unpaired) electrons. The summed E-state index contributed by atoms with van der Waals surface area (Å²) >= 11 is 0. The van der Waals surface area contributed by atoms with Gasteiger partial charge in [-0.1, -0.05) is 64.7 Å². The molecule has 0 aliphatic rings. The monoisotopic (exact) mass is 440 g/mol. The summed E-state index contributed by atoms with van der Waals surface area (Å²) in [5.74, 6) is -1.59. The zero-order valence-corrected chi connectivity index (χ0v) is 22.8. The molecule has 0 amide bonds. The SMILES string of the molecule is CCCCCCCCCCCCOCCOCC(CC(=O)[O-])S(=O)(=O)[O-].[Na+].[Na+]. The van der Waals surface area contributed by atoms with E-state index >= 15 is 0 Å². The summed E-state index contributed by atoms with van der Waals surface area (Å²) in [6, 6.07) is 0. The largest absolute Gasteiger partial charge is 1.00 e. The van der Waals surface area contributed by atoms with Crippen molar-refractivity contribution >= 4 is 16.1 Å². The first-order valence-electron chi connectivity index (χ1n) is 9.68. The third kappa shape index (κ3) is 23.6. The zero-order valence-electron chi connectivity index (χ0n) is 17.9. The molecular weight excluding hydrogens is 406 g/mol. The van der Waals surface area contributed by atoms with Gasteiger partial charge in [0.1, 0.15) is 10.1 Å². The van der Waals surface area contributed by atoms with Crippen molar-refractivity contribution in [1.29, 1.82) is 0 Å². The van der Waals surface area contributed by atoms with Gasteiger partial charge in [0.25, 0.3) is 0 Å². The third-order valence-electron chi connectivity index (χ3n) is 4.12. The van der Waals surface area contributed by atoms with Crippen LogP contribution in [0.25, 0.3) is 0 Å². The average molecular weight is 441 g/mol. The van der Waals surface area contributed by atoms with Gasteiger partial charge >= 0.3 is 59.1 Å². The first-order chi connectivity index (χ1) is 12.4. The van der Waals surface area contributed by atoms with Crippen LogP contribution in [0.3, 0.4) is 0 Å². The van der Waals surface area contributed by atoms with E-state index in [0.29, 0.717) is 6.61 Å². The Kier molecular flexibility index (Phi) is 27.8. The van der Waals surface area contributed by atoms with Gasteiger partial charge in [0, 0.05) is 19.0 Å². The number of rotatable bonds is 19. The second kappa shape index (κ2) is 23.0. The van der Waals surface area contributed by atoms with Gasteiger partial charge in [-0.15, -0.1) is 0 Å². The van der Waals surface area contributed by atoms with Crippen LogP contribution in [0.5, 0.6) is 0 Å². The van der Waals surface area contributed by atoms with E-state index in [0.717, 1.165) is 12.8 Å². The Morgan fingerprint density at radius 1 is 0.821 bits per heavy atom. The number of hydrogen-bond acceptors (Lipinski definition) is 7. The van der Waals surface area contributed by atoms with Crippen LogP contribution < -0.4 is 64.2 Å². The van der Waals surface area contributed by atoms with Gasteiger partial charge in [-0.2, -0.15) is 0 Å². The van der Waals surface area contributed by atoms with Gasteiger partial charge in [0.15, 0.2) is 0 Å². The van der Waals surface area contributed by atoms with Crippen LogP contribution in [0, 0.1) is 0 Å². The summed E-state index contributed by atoms with van der Waals surface area (Å²) in [7, 11) is -4.72. The molecule has 0 heterocycles. The Bertz CT molecular complexity index is 447. The van der Waals surface area contributed by atoms with Crippen molar-refractivity contribution in [2.24, 2.45) is 0 Å².